The van der Waals surface area contributed by atoms with Crippen molar-refractivity contribution in [2.45, 2.75) is 26.9 Å². The van der Waals surface area contributed by atoms with Gasteiger partial charge in [0.1, 0.15) is 17.3 Å². The van der Waals surface area contributed by atoms with Crippen LogP contribution in [0.25, 0.3) is 0 Å². The maximum Gasteiger partial charge on any atom is 0.219 e. The minimum absolute atomic E-state index is 0.496. The highest BCUT2D eigenvalue weighted by molar-refractivity contribution is 5.79. The van der Waals surface area contributed by atoms with E-state index in [1.807, 2.05) is 62.4 Å². The Labute approximate surface area is 170 Å². The summed E-state index contributed by atoms with van der Waals surface area (Å²) in [5.41, 5.74) is 0.996. The molecular formula is C22H26N4O3. The van der Waals surface area contributed by atoms with Crippen LogP contribution in [0.3, 0.4) is 0 Å². The molecule has 3 rings (SSSR count). The zero-order valence-electron chi connectivity index (χ0n) is 16.7. The molecule has 0 fully saturated rings. The Bertz CT molecular complexity index is 893. The summed E-state index contributed by atoms with van der Waals surface area (Å²) in [5, 5.41) is 6.47. The molecule has 3 aromatic rings. The van der Waals surface area contributed by atoms with Gasteiger partial charge in [-0.25, -0.2) is 9.98 Å². The van der Waals surface area contributed by atoms with Crippen LogP contribution in [0.5, 0.6) is 17.4 Å². The second-order valence-electron chi connectivity index (χ2n) is 6.14. The Balaban J connectivity index is 1.60. The quantitative estimate of drug-likeness (QED) is 0.420. The van der Waals surface area contributed by atoms with Crippen LogP contribution in [0.1, 0.15) is 25.2 Å². The molecule has 0 atom stereocenters. The van der Waals surface area contributed by atoms with Gasteiger partial charge in [-0.15, -0.1) is 0 Å². The largest absolute Gasteiger partial charge is 0.494 e. The van der Waals surface area contributed by atoms with E-state index < -0.39 is 0 Å². The molecule has 1 aromatic carbocycles. The van der Waals surface area contributed by atoms with Gasteiger partial charge < -0.3 is 24.5 Å². The third-order valence-corrected chi connectivity index (χ3v) is 3.93. The van der Waals surface area contributed by atoms with Crippen molar-refractivity contribution in [2.24, 2.45) is 4.99 Å². The molecule has 2 aromatic heterocycles. The highest BCUT2D eigenvalue weighted by Gasteiger charge is 2.03. The number of ether oxygens (including phenoxy) is 2. The molecule has 0 aliphatic heterocycles. The molecular weight excluding hydrogens is 368 g/mol. The van der Waals surface area contributed by atoms with Crippen LogP contribution >= 0.6 is 0 Å². The minimum atomic E-state index is 0.496. The van der Waals surface area contributed by atoms with Crippen LogP contribution in [-0.2, 0) is 13.1 Å². The van der Waals surface area contributed by atoms with Crippen molar-refractivity contribution in [1.82, 2.24) is 15.6 Å². The number of hydrogen-bond donors (Lipinski definition) is 2. The van der Waals surface area contributed by atoms with E-state index in [-0.39, 0.29) is 0 Å². The molecule has 0 saturated heterocycles. The normalized spacial score (nSPS) is 11.2. The number of rotatable bonds is 9. The topological polar surface area (TPSA) is 80.9 Å². The number of nitrogens with one attached hydrogen (secondary N) is 2. The lowest BCUT2D eigenvalue weighted by Crippen LogP contribution is -2.36. The molecule has 0 aliphatic rings. The van der Waals surface area contributed by atoms with E-state index in [0.29, 0.717) is 31.3 Å². The van der Waals surface area contributed by atoms with E-state index in [9.17, 15) is 0 Å². The summed E-state index contributed by atoms with van der Waals surface area (Å²) in [7, 11) is 0. The van der Waals surface area contributed by atoms with Crippen LogP contribution in [0.4, 0.5) is 0 Å². The summed E-state index contributed by atoms with van der Waals surface area (Å²) in [6.45, 7) is 6.45. The number of aromatic nitrogens is 1. The van der Waals surface area contributed by atoms with Gasteiger partial charge in [0.15, 0.2) is 5.96 Å². The zero-order valence-corrected chi connectivity index (χ0v) is 16.7. The monoisotopic (exact) mass is 394 g/mol. The van der Waals surface area contributed by atoms with Crippen molar-refractivity contribution in [3.63, 3.8) is 0 Å². The SMILES string of the molecule is CCNC(=NCc1ccnc(Oc2ccc(OCC)cc2)c1)NCc1ccco1. The summed E-state index contributed by atoms with van der Waals surface area (Å²) >= 11 is 0. The lowest BCUT2D eigenvalue weighted by molar-refractivity contribution is 0.339. The molecule has 0 unspecified atom stereocenters. The van der Waals surface area contributed by atoms with Gasteiger partial charge in [-0.3, -0.25) is 0 Å². The highest BCUT2D eigenvalue weighted by atomic mass is 16.5. The molecule has 2 N–H and O–H groups in total. The van der Waals surface area contributed by atoms with Crippen molar-refractivity contribution in [3.8, 4) is 17.4 Å². The number of benzene rings is 1. The molecule has 0 bridgehead atoms. The van der Waals surface area contributed by atoms with E-state index in [2.05, 4.69) is 20.6 Å². The first-order chi connectivity index (χ1) is 14.3. The fourth-order valence-corrected chi connectivity index (χ4v) is 2.59. The van der Waals surface area contributed by atoms with Gasteiger partial charge in [-0.2, -0.15) is 0 Å². The molecule has 29 heavy (non-hydrogen) atoms. The Kier molecular flexibility index (Phi) is 7.51. The van der Waals surface area contributed by atoms with Crippen LogP contribution in [0, 0.1) is 0 Å². The van der Waals surface area contributed by atoms with E-state index >= 15 is 0 Å². The van der Waals surface area contributed by atoms with Crippen LogP contribution in [-0.4, -0.2) is 24.1 Å². The Morgan fingerprint density at radius 2 is 1.90 bits per heavy atom. The van der Waals surface area contributed by atoms with Crippen molar-refractivity contribution in [2.75, 3.05) is 13.2 Å². The summed E-state index contributed by atoms with van der Waals surface area (Å²) < 4.78 is 16.6. The van der Waals surface area contributed by atoms with Gasteiger partial charge in [-0.05, 0) is 61.9 Å². The van der Waals surface area contributed by atoms with Gasteiger partial charge in [0.25, 0.3) is 0 Å². The lowest BCUT2D eigenvalue weighted by atomic mass is 10.2. The van der Waals surface area contributed by atoms with Crippen molar-refractivity contribution < 1.29 is 13.9 Å². The first-order valence-electron chi connectivity index (χ1n) is 9.67. The first kappa shape index (κ1) is 20.3. The summed E-state index contributed by atoms with van der Waals surface area (Å²) in [6.07, 6.45) is 3.38. The zero-order chi connectivity index (χ0) is 20.3. The number of nitrogens with zero attached hydrogens (tertiary/aromatic N) is 2. The highest BCUT2D eigenvalue weighted by Crippen LogP contribution is 2.23. The first-order valence-corrected chi connectivity index (χ1v) is 9.67. The summed E-state index contributed by atoms with van der Waals surface area (Å²) in [6, 6.07) is 15.1. The molecule has 0 spiro atoms. The van der Waals surface area contributed by atoms with Gasteiger partial charge in [-0.1, -0.05) is 0 Å². The summed E-state index contributed by atoms with van der Waals surface area (Å²) in [4.78, 5) is 8.90. The third kappa shape index (κ3) is 6.57. The van der Waals surface area contributed by atoms with Crippen LogP contribution in [0.15, 0.2) is 70.4 Å². The number of aliphatic imine (C=N–C) groups is 1. The predicted molar refractivity (Wildman–Crippen MR) is 112 cm³/mol. The van der Waals surface area contributed by atoms with Gasteiger partial charge in [0.2, 0.25) is 5.88 Å². The smallest absolute Gasteiger partial charge is 0.219 e. The molecule has 0 saturated carbocycles. The number of furan rings is 1. The molecule has 0 amide bonds. The third-order valence-electron chi connectivity index (χ3n) is 3.93. The molecule has 2 heterocycles. The van der Waals surface area contributed by atoms with Gasteiger partial charge in [0, 0.05) is 18.8 Å². The lowest BCUT2D eigenvalue weighted by Gasteiger charge is -2.10. The molecule has 152 valence electrons. The second-order valence-corrected chi connectivity index (χ2v) is 6.14. The molecule has 7 heteroatoms. The molecule has 0 aliphatic carbocycles. The Morgan fingerprint density at radius 3 is 2.62 bits per heavy atom. The minimum Gasteiger partial charge on any atom is -0.494 e. The average Bonchev–Trinajstić information content (AvgIpc) is 3.26. The van der Waals surface area contributed by atoms with E-state index in [1.165, 1.54) is 0 Å². The van der Waals surface area contributed by atoms with Gasteiger partial charge >= 0.3 is 0 Å². The number of guanidine groups is 1. The number of hydrogen-bond acceptors (Lipinski definition) is 5. The average molecular weight is 394 g/mol. The fourth-order valence-electron chi connectivity index (χ4n) is 2.59. The van der Waals surface area contributed by atoms with Crippen molar-refractivity contribution in [3.05, 3.63) is 72.3 Å². The second kappa shape index (κ2) is 10.8. The molecule has 0 radical (unpaired) electrons. The van der Waals surface area contributed by atoms with Gasteiger partial charge in [0.05, 0.1) is 26.0 Å². The fraction of sp³-hybridized carbons (Fsp3) is 0.273. The summed E-state index contributed by atoms with van der Waals surface area (Å²) in [5.74, 6) is 3.61. The van der Waals surface area contributed by atoms with Crippen molar-refractivity contribution >= 4 is 5.96 Å². The van der Waals surface area contributed by atoms with E-state index in [4.69, 9.17) is 13.9 Å². The Morgan fingerprint density at radius 1 is 1.07 bits per heavy atom. The molecule has 7 nitrogen and oxygen atoms in total. The number of pyridine rings is 1. The maximum absolute atomic E-state index is 5.84. The standard InChI is InChI=1S/C22H26N4O3/c1-3-23-22(26-16-20-6-5-13-28-20)25-15-17-11-12-24-21(14-17)29-19-9-7-18(8-10-19)27-4-2/h5-14H,3-4,15-16H2,1-2H3,(H2,23,25,26). The van der Waals surface area contributed by atoms with Crippen LogP contribution < -0.4 is 20.1 Å². The predicted octanol–water partition coefficient (Wildman–Crippen LogP) is 4.12. The van der Waals surface area contributed by atoms with Crippen LogP contribution in [0.2, 0.25) is 0 Å². The van der Waals surface area contributed by atoms with Crippen molar-refractivity contribution in [1.29, 1.82) is 0 Å². The van der Waals surface area contributed by atoms with E-state index in [1.54, 1.807) is 12.5 Å². The maximum atomic E-state index is 5.84. The Hall–Kier alpha value is -3.48. The van der Waals surface area contributed by atoms with E-state index in [0.717, 1.165) is 29.6 Å².